The molecular weight excluding hydrogens is 769 g/mol. The van der Waals surface area contributed by atoms with Gasteiger partial charge in [-0.1, -0.05) is 77.5 Å². The zero-order valence-corrected chi connectivity index (χ0v) is 32.8. The molecule has 58 heavy (non-hydrogen) atoms. The summed E-state index contributed by atoms with van der Waals surface area (Å²) < 4.78 is 64.6. The van der Waals surface area contributed by atoms with Crippen LogP contribution in [0.25, 0.3) is 34.0 Å². The van der Waals surface area contributed by atoms with Gasteiger partial charge >= 0.3 is 0 Å². The number of amides is 3. The Bertz CT molecular complexity index is 2540. The van der Waals surface area contributed by atoms with Crippen molar-refractivity contribution in [1.29, 1.82) is 0 Å². The minimum absolute atomic E-state index is 0.0775. The van der Waals surface area contributed by atoms with E-state index in [9.17, 15) is 31.6 Å². The fraction of sp³-hybridized carbons (Fsp3) is 0.186. The van der Waals surface area contributed by atoms with E-state index in [1.165, 1.54) is 60.0 Å². The number of aromatic nitrogens is 2. The zero-order chi connectivity index (χ0) is 41.6. The number of halogens is 2. The van der Waals surface area contributed by atoms with E-state index in [0.29, 0.717) is 28.5 Å². The molecule has 15 heteroatoms. The van der Waals surface area contributed by atoms with Crippen LogP contribution < -0.4 is 14.8 Å². The van der Waals surface area contributed by atoms with Crippen LogP contribution in [0.1, 0.15) is 39.5 Å². The SMILES string of the molecule is COc1ccc(CC(=O)Nc2ccc(C(=O)N(CC(=O)NS(C)(=O)=O)Cc3ccc(-c4noc(-c5ccc(-c6ccc(C)cc6)cc5)n4)cc3)cc2)c(C(C)(F)F)c1. The van der Waals surface area contributed by atoms with Crippen molar-refractivity contribution < 1.29 is 40.8 Å². The summed E-state index contributed by atoms with van der Waals surface area (Å²) in [7, 11) is -2.55. The molecular formula is C43H39F2N5O7S. The Hall–Kier alpha value is -6.74. The Morgan fingerprint density at radius 3 is 2.02 bits per heavy atom. The second-order valence-electron chi connectivity index (χ2n) is 13.7. The van der Waals surface area contributed by atoms with E-state index in [4.69, 9.17) is 9.26 Å². The summed E-state index contributed by atoms with van der Waals surface area (Å²) in [6.45, 7) is 2.11. The Morgan fingerprint density at radius 2 is 1.41 bits per heavy atom. The number of hydrogen-bond acceptors (Lipinski definition) is 9. The number of anilines is 1. The Morgan fingerprint density at radius 1 is 0.810 bits per heavy atom. The number of benzene rings is 5. The van der Waals surface area contributed by atoms with Crippen molar-refractivity contribution in [3.63, 3.8) is 0 Å². The van der Waals surface area contributed by atoms with E-state index in [1.807, 2.05) is 35.9 Å². The number of carbonyl (C=O) groups is 3. The van der Waals surface area contributed by atoms with Gasteiger partial charge in [0.1, 0.15) is 12.3 Å². The first-order chi connectivity index (χ1) is 27.5. The molecule has 12 nitrogen and oxygen atoms in total. The number of hydrogen-bond donors (Lipinski definition) is 2. The van der Waals surface area contributed by atoms with Crippen LogP contribution in [0.2, 0.25) is 0 Å². The lowest BCUT2D eigenvalue weighted by Crippen LogP contribution is -2.42. The molecule has 5 aromatic carbocycles. The summed E-state index contributed by atoms with van der Waals surface area (Å²) >= 11 is 0. The van der Waals surface area contributed by atoms with Crippen LogP contribution in [0.15, 0.2) is 120 Å². The van der Waals surface area contributed by atoms with Crippen molar-refractivity contribution in [3.05, 3.63) is 143 Å². The van der Waals surface area contributed by atoms with E-state index in [2.05, 4.69) is 39.7 Å². The summed E-state index contributed by atoms with van der Waals surface area (Å²) in [6.07, 6.45) is 0.484. The van der Waals surface area contributed by atoms with E-state index in [-0.39, 0.29) is 35.4 Å². The van der Waals surface area contributed by atoms with Gasteiger partial charge in [-0.15, -0.1) is 0 Å². The molecule has 0 bridgehead atoms. The molecule has 2 N–H and O–H groups in total. The molecule has 6 rings (SSSR count). The van der Waals surface area contributed by atoms with Crippen molar-refractivity contribution in [2.24, 2.45) is 0 Å². The fourth-order valence-corrected chi connectivity index (χ4v) is 6.58. The van der Waals surface area contributed by atoms with Crippen LogP contribution in [-0.2, 0) is 38.5 Å². The van der Waals surface area contributed by atoms with E-state index in [0.717, 1.165) is 29.9 Å². The van der Waals surface area contributed by atoms with Gasteiger partial charge in [-0.2, -0.15) is 4.98 Å². The molecule has 0 saturated heterocycles. The largest absolute Gasteiger partial charge is 0.497 e. The molecule has 0 unspecified atom stereocenters. The number of sulfonamides is 1. The van der Waals surface area contributed by atoms with Gasteiger partial charge in [0.15, 0.2) is 0 Å². The maximum atomic E-state index is 14.3. The molecule has 0 aliphatic rings. The first-order valence-corrected chi connectivity index (χ1v) is 19.8. The molecule has 1 heterocycles. The predicted octanol–water partition coefficient (Wildman–Crippen LogP) is 7.40. The van der Waals surface area contributed by atoms with Gasteiger partial charge in [0.25, 0.3) is 23.6 Å². The molecule has 3 amide bonds. The standard InChI is InChI=1S/C43H39F2N5O7S/c1-27-5-9-29(10-6-27)30-13-15-32(16-14-30)41-47-40(48-57-41)31-11-7-28(8-12-31)25-50(26-39(52)49-58(4,54)55)42(53)33-17-20-35(21-18-33)46-38(51)23-34-19-22-36(56-3)24-37(34)43(2,44)45/h5-22,24H,23,25-26H2,1-4H3,(H,46,51)(H,49,52). The summed E-state index contributed by atoms with van der Waals surface area (Å²) in [6, 6.07) is 32.7. The van der Waals surface area contributed by atoms with Gasteiger partial charge in [0.05, 0.1) is 19.8 Å². The molecule has 0 fully saturated rings. The van der Waals surface area contributed by atoms with Gasteiger partial charge in [-0.25, -0.2) is 17.2 Å². The first-order valence-electron chi connectivity index (χ1n) is 17.9. The van der Waals surface area contributed by atoms with Crippen LogP contribution >= 0.6 is 0 Å². The highest BCUT2D eigenvalue weighted by Crippen LogP contribution is 2.33. The average Bonchev–Trinajstić information content (AvgIpc) is 3.68. The number of aryl methyl sites for hydroxylation is 1. The predicted molar refractivity (Wildman–Crippen MR) is 214 cm³/mol. The highest BCUT2D eigenvalue weighted by Gasteiger charge is 2.29. The van der Waals surface area contributed by atoms with Crippen molar-refractivity contribution in [2.45, 2.75) is 32.7 Å². The fourth-order valence-electron chi connectivity index (χ4n) is 6.10. The van der Waals surface area contributed by atoms with Gasteiger partial charge in [0.2, 0.25) is 21.8 Å². The second kappa shape index (κ2) is 17.2. The van der Waals surface area contributed by atoms with Gasteiger partial charge in [-0.3, -0.25) is 19.1 Å². The van der Waals surface area contributed by atoms with Crippen LogP contribution in [0.5, 0.6) is 5.75 Å². The molecule has 298 valence electrons. The van der Waals surface area contributed by atoms with E-state index < -0.39 is 40.2 Å². The number of methoxy groups -OCH3 is 1. The molecule has 0 aliphatic heterocycles. The van der Waals surface area contributed by atoms with Crippen LogP contribution in [0.3, 0.4) is 0 Å². The van der Waals surface area contributed by atoms with Crippen LogP contribution in [0, 0.1) is 6.92 Å². The molecule has 0 atom stereocenters. The number of rotatable bonds is 14. The van der Waals surface area contributed by atoms with E-state index >= 15 is 0 Å². The molecule has 0 spiro atoms. The third kappa shape index (κ3) is 10.6. The zero-order valence-electron chi connectivity index (χ0n) is 32.0. The van der Waals surface area contributed by atoms with E-state index in [1.54, 1.807) is 24.3 Å². The number of nitrogens with zero attached hydrogens (tertiary/aromatic N) is 3. The summed E-state index contributed by atoms with van der Waals surface area (Å²) in [5, 5.41) is 6.77. The second-order valence-corrected chi connectivity index (χ2v) is 15.5. The van der Waals surface area contributed by atoms with Gasteiger partial charge in [-0.05, 0) is 77.7 Å². The molecule has 0 radical (unpaired) electrons. The third-order valence-corrected chi connectivity index (χ3v) is 9.60. The lowest BCUT2D eigenvalue weighted by molar-refractivity contribution is -0.120. The van der Waals surface area contributed by atoms with Gasteiger partial charge < -0.3 is 19.5 Å². The third-order valence-electron chi connectivity index (χ3n) is 9.01. The Balaban J connectivity index is 1.13. The maximum absolute atomic E-state index is 14.3. The summed E-state index contributed by atoms with van der Waals surface area (Å²) in [5.41, 5.74) is 5.51. The van der Waals surface area contributed by atoms with Crippen LogP contribution in [0.4, 0.5) is 14.5 Å². The highest BCUT2D eigenvalue weighted by molar-refractivity contribution is 7.89. The normalized spacial score (nSPS) is 11.5. The number of alkyl halides is 2. The van der Waals surface area contributed by atoms with Crippen molar-refractivity contribution in [3.8, 4) is 39.7 Å². The van der Waals surface area contributed by atoms with Crippen LogP contribution in [-0.4, -0.2) is 61.1 Å². The highest BCUT2D eigenvalue weighted by atomic mass is 32.2. The monoisotopic (exact) mass is 807 g/mol. The molecule has 0 aliphatic carbocycles. The minimum Gasteiger partial charge on any atom is -0.497 e. The number of ether oxygens (including phenoxy) is 1. The van der Waals surface area contributed by atoms with Crippen molar-refractivity contribution in [1.82, 2.24) is 19.8 Å². The maximum Gasteiger partial charge on any atom is 0.270 e. The molecule has 6 aromatic rings. The summed E-state index contributed by atoms with van der Waals surface area (Å²) in [4.78, 5) is 45.0. The van der Waals surface area contributed by atoms with Crippen molar-refractivity contribution in [2.75, 3.05) is 25.2 Å². The quantitative estimate of drug-likeness (QED) is 0.114. The topological polar surface area (TPSA) is 161 Å². The Kier molecular flexibility index (Phi) is 12.1. The lowest BCUT2D eigenvalue weighted by Gasteiger charge is -2.22. The minimum atomic E-state index is -3.91. The Labute approximate surface area is 333 Å². The smallest absolute Gasteiger partial charge is 0.270 e. The molecule has 1 aromatic heterocycles. The van der Waals surface area contributed by atoms with Gasteiger partial charge in [0, 0.05) is 41.4 Å². The molecule has 0 saturated carbocycles. The first kappa shape index (κ1) is 40.9. The number of nitrogens with one attached hydrogen (secondary N) is 2. The van der Waals surface area contributed by atoms with Crippen molar-refractivity contribution >= 4 is 33.4 Å². The lowest BCUT2D eigenvalue weighted by atomic mass is 9.99. The average molecular weight is 808 g/mol. The number of carbonyl (C=O) groups excluding carboxylic acids is 3. The summed E-state index contributed by atoms with van der Waals surface area (Å²) in [5.74, 6) is -4.40.